The largest absolute Gasteiger partial charge is 0.326 e. The van der Waals surface area contributed by atoms with Crippen molar-refractivity contribution in [3.63, 3.8) is 0 Å². The van der Waals surface area contributed by atoms with Crippen LogP contribution in [0.3, 0.4) is 0 Å². The van der Waals surface area contributed by atoms with Crippen molar-refractivity contribution >= 4 is 6.21 Å². The van der Waals surface area contributed by atoms with Crippen LogP contribution in [0.15, 0.2) is 29.4 Å². The Morgan fingerprint density at radius 1 is 1.33 bits per heavy atom. The minimum absolute atomic E-state index is 0.235. The minimum Gasteiger partial charge on any atom is -0.326 e. The number of aromatic nitrogens is 1. The molecule has 0 bridgehead atoms. The highest BCUT2D eigenvalue weighted by Gasteiger charge is 2.19. The van der Waals surface area contributed by atoms with E-state index >= 15 is 0 Å². The molecule has 1 aromatic heterocycles. The first-order valence-corrected chi connectivity index (χ1v) is 5.56. The molecule has 3 nitrogen and oxygen atoms in total. The molecule has 1 aromatic rings. The summed E-state index contributed by atoms with van der Waals surface area (Å²) in [4.78, 5) is 8.72. The van der Waals surface area contributed by atoms with Gasteiger partial charge >= 0.3 is 0 Å². The summed E-state index contributed by atoms with van der Waals surface area (Å²) in [5.41, 5.74) is 6.92. The predicted octanol–water partition coefficient (Wildman–Crippen LogP) is 1.77. The van der Waals surface area contributed by atoms with Crippen molar-refractivity contribution in [1.29, 1.82) is 0 Å². The topological polar surface area (TPSA) is 51.3 Å². The van der Waals surface area contributed by atoms with E-state index in [0.717, 1.165) is 18.5 Å². The van der Waals surface area contributed by atoms with Crippen molar-refractivity contribution in [1.82, 2.24) is 4.98 Å². The first kappa shape index (κ1) is 10.3. The van der Waals surface area contributed by atoms with E-state index < -0.39 is 0 Å². The Bertz CT molecular complexity index is 321. The summed E-state index contributed by atoms with van der Waals surface area (Å²) in [6.45, 7) is 0. The zero-order chi connectivity index (χ0) is 10.5. The van der Waals surface area contributed by atoms with Gasteiger partial charge in [-0.2, -0.15) is 0 Å². The molecule has 2 N–H and O–H groups in total. The van der Waals surface area contributed by atoms with Crippen LogP contribution >= 0.6 is 0 Å². The van der Waals surface area contributed by atoms with Crippen molar-refractivity contribution in [2.24, 2.45) is 10.7 Å². The van der Waals surface area contributed by atoms with Crippen molar-refractivity contribution in [2.75, 3.05) is 0 Å². The fraction of sp³-hybridized carbons (Fsp3) is 0.500. The molecular weight excluding hydrogens is 186 g/mol. The highest BCUT2D eigenvalue weighted by atomic mass is 14.9. The maximum absolute atomic E-state index is 6.01. The average Bonchev–Trinajstić information content (AvgIpc) is 2.29. The van der Waals surface area contributed by atoms with E-state index in [4.69, 9.17) is 5.73 Å². The number of hydrogen-bond acceptors (Lipinski definition) is 3. The molecule has 0 aliphatic heterocycles. The molecule has 0 amide bonds. The molecule has 1 saturated carbocycles. The summed E-state index contributed by atoms with van der Waals surface area (Å²) < 4.78 is 0. The normalized spacial score (nSPS) is 27.0. The number of rotatable bonds is 2. The van der Waals surface area contributed by atoms with E-state index in [0.29, 0.717) is 6.04 Å². The SMILES string of the molecule is N[C@@H]1CCCC[C@H]1N=Cc1ccccn1. The Morgan fingerprint density at radius 3 is 2.93 bits per heavy atom. The van der Waals surface area contributed by atoms with Gasteiger partial charge in [-0.15, -0.1) is 0 Å². The molecule has 1 aliphatic rings. The Morgan fingerprint density at radius 2 is 2.20 bits per heavy atom. The van der Waals surface area contributed by atoms with Gasteiger partial charge in [0, 0.05) is 18.5 Å². The van der Waals surface area contributed by atoms with E-state index in [9.17, 15) is 0 Å². The van der Waals surface area contributed by atoms with Crippen LogP contribution in [-0.2, 0) is 0 Å². The lowest BCUT2D eigenvalue weighted by molar-refractivity contribution is 0.387. The zero-order valence-corrected chi connectivity index (χ0v) is 8.84. The van der Waals surface area contributed by atoms with E-state index in [1.807, 2.05) is 24.4 Å². The molecule has 0 saturated heterocycles. The smallest absolute Gasteiger partial charge is 0.0807 e. The van der Waals surface area contributed by atoms with Gasteiger partial charge in [0.1, 0.15) is 0 Å². The number of aliphatic imine (C=N–C) groups is 1. The molecule has 0 unspecified atom stereocenters. The lowest BCUT2D eigenvalue weighted by Gasteiger charge is -2.24. The third-order valence-electron chi connectivity index (χ3n) is 2.87. The van der Waals surface area contributed by atoms with E-state index in [1.54, 1.807) is 6.20 Å². The van der Waals surface area contributed by atoms with Gasteiger partial charge in [0.25, 0.3) is 0 Å². The van der Waals surface area contributed by atoms with Gasteiger partial charge in [-0.1, -0.05) is 18.9 Å². The quantitative estimate of drug-likeness (QED) is 0.745. The van der Waals surface area contributed by atoms with Crippen LogP contribution in [0.4, 0.5) is 0 Å². The third kappa shape index (κ3) is 2.86. The van der Waals surface area contributed by atoms with Gasteiger partial charge in [0.15, 0.2) is 0 Å². The summed E-state index contributed by atoms with van der Waals surface area (Å²) in [6, 6.07) is 6.36. The fourth-order valence-electron chi connectivity index (χ4n) is 1.95. The highest BCUT2D eigenvalue weighted by molar-refractivity contribution is 5.76. The predicted molar refractivity (Wildman–Crippen MR) is 62.1 cm³/mol. The first-order valence-electron chi connectivity index (χ1n) is 5.56. The zero-order valence-electron chi connectivity index (χ0n) is 8.84. The molecular formula is C12H17N3. The first-order chi connectivity index (χ1) is 7.36. The third-order valence-corrected chi connectivity index (χ3v) is 2.87. The van der Waals surface area contributed by atoms with Crippen LogP contribution in [-0.4, -0.2) is 23.3 Å². The number of hydrogen-bond donors (Lipinski definition) is 1. The molecule has 1 fully saturated rings. The Balaban J connectivity index is 1.98. The average molecular weight is 203 g/mol. The molecule has 0 aromatic carbocycles. The van der Waals surface area contributed by atoms with Gasteiger partial charge < -0.3 is 5.73 Å². The number of pyridine rings is 1. The monoisotopic (exact) mass is 203 g/mol. The molecule has 80 valence electrons. The maximum Gasteiger partial charge on any atom is 0.0807 e. The van der Waals surface area contributed by atoms with Gasteiger partial charge in [-0.25, -0.2) is 0 Å². The molecule has 0 spiro atoms. The van der Waals surface area contributed by atoms with Crippen LogP contribution in [0, 0.1) is 0 Å². The van der Waals surface area contributed by atoms with Crippen molar-refractivity contribution in [3.8, 4) is 0 Å². The van der Waals surface area contributed by atoms with Gasteiger partial charge in [-0.05, 0) is 25.0 Å². The van der Waals surface area contributed by atoms with Crippen LogP contribution in [0.25, 0.3) is 0 Å². The Labute approximate surface area is 90.4 Å². The minimum atomic E-state index is 0.235. The molecule has 15 heavy (non-hydrogen) atoms. The lowest BCUT2D eigenvalue weighted by Crippen LogP contribution is -2.36. The second kappa shape index (κ2) is 5.03. The molecule has 2 atom stereocenters. The summed E-state index contributed by atoms with van der Waals surface area (Å²) in [5.74, 6) is 0. The molecule has 3 heteroatoms. The second-order valence-corrected chi connectivity index (χ2v) is 4.05. The summed E-state index contributed by atoms with van der Waals surface area (Å²) >= 11 is 0. The van der Waals surface area contributed by atoms with Crippen LogP contribution in [0.5, 0.6) is 0 Å². The van der Waals surface area contributed by atoms with Gasteiger partial charge in [0.05, 0.1) is 11.7 Å². The molecule has 1 heterocycles. The Hall–Kier alpha value is -1.22. The molecule has 2 rings (SSSR count). The van der Waals surface area contributed by atoms with E-state index in [2.05, 4.69) is 9.98 Å². The summed E-state index contributed by atoms with van der Waals surface area (Å²) in [5, 5.41) is 0. The van der Waals surface area contributed by atoms with Gasteiger partial charge in [-0.3, -0.25) is 9.98 Å². The number of nitrogens with two attached hydrogens (primary N) is 1. The molecule has 1 aliphatic carbocycles. The van der Waals surface area contributed by atoms with E-state index in [-0.39, 0.29) is 6.04 Å². The standard InChI is InChI=1S/C12H17N3/c13-11-6-1-2-7-12(11)15-9-10-5-3-4-8-14-10/h3-5,8-9,11-12H,1-2,6-7,13H2/t11-,12-/m1/s1. The van der Waals surface area contributed by atoms with Gasteiger partial charge in [0.2, 0.25) is 0 Å². The van der Waals surface area contributed by atoms with Crippen molar-refractivity contribution in [2.45, 2.75) is 37.8 Å². The lowest BCUT2D eigenvalue weighted by atomic mass is 9.91. The second-order valence-electron chi connectivity index (χ2n) is 4.05. The van der Waals surface area contributed by atoms with Crippen LogP contribution in [0.1, 0.15) is 31.4 Å². The van der Waals surface area contributed by atoms with Crippen LogP contribution < -0.4 is 5.73 Å². The van der Waals surface area contributed by atoms with Crippen LogP contribution in [0.2, 0.25) is 0 Å². The summed E-state index contributed by atoms with van der Waals surface area (Å²) in [6.07, 6.45) is 8.33. The molecule has 0 radical (unpaired) electrons. The van der Waals surface area contributed by atoms with E-state index in [1.165, 1.54) is 12.8 Å². The van der Waals surface area contributed by atoms with Crippen molar-refractivity contribution in [3.05, 3.63) is 30.1 Å². The Kier molecular flexibility index (Phi) is 3.45. The number of nitrogens with zero attached hydrogens (tertiary/aromatic N) is 2. The summed E-state index contributed by atoms with van der Waals surface area (Å²) in [7, 11) is 0. The van der Waals surface area contributed by atoms with Crippen molar-refractivity contribution < 1.29 is 0 Å². The maximum atomic E-state index is 6.01. The highest BCUT2D eigenvalue weighted by Crippen LogP contribution is 2.19. The fourth-order valence-corrected chi connectivity index (χ4v) is 1.95.